The van der Waals surface area contributed by atoms with Crippen LogP contribution in [-0.4, -0.2) is 33.3 Å². The summed E-state index contributed by atoms with van der Waals surface area (Å²) in [7, 11) is 1.82. The van der Waals surface area contributed by atoms with Crippen LogP contribution in [0.4, 0.5) is 11.8 Å². The maximum Gasteiger partial charge on any atom is 0.226 e. The molecule has 1 saturated carbocycles. The molecule has 0 spiro atoms. The fourth-order valence-electron chi connectivity index (χ4n) is 2.85. The molecular formula is C13H20N6. The molecule has 0 aliphatic heterocycles. The lowest BCUT2D eigenvalue weighted by molar-refractivity contribution is 0.481. The van der Waals surface area contributed by atoms with Gasteiger partial charge in [0.1, 0.15) is 5.82 Å². The number of rotatable bonds is 4. The van der Waals surface area contributed by atoms with Crippen LogP contribution in [-0.2, 0) is 0 Å². The molecule has 0 radical (unpaired) electrons. The van der Waals surface area contributed by atoms with Crippen LogP contribution in [0.3, 0.4) is 0 Å². The predicted molar refractivity (Wildman–Crippen MR) is 76.3 cm³/mol. The van der Waals surface area contributed by atoms with Crippen LogP contribution in [0.5, 0.6) is 0 Å². The quantitative estimate of drug-likeness (QED) is 0.786. The van der Waals surface area contributed by atoms with E-state index in [1.54, 1.807) is 6.20 Å². The molecule has 102 valence electrons. The Bertz CT molecular complexity index is 557. The molecule has 2 aromatic rings. The van der Waals surface area contributed by atoms with Crippen molar-refractivity contribution < 1.29 is 0 Å². The van der Waals surface area contributed by atoms with Gasteiger partial charge in [0.25, 0.3) is 0 Å². The van der Waals surface area contributed by atoms with Crippen LogP contribution in [0.1, 0.15) is 32.6 Å². The summed E-state index contributed by atoms with van der Waals surface area (Å²) in [5.74, 6) is 2.22. The summed E-state index contributed by atoms with van der Waals surface area (Å²) in [5.41, 5.74) is 0.764. The van der Waals surface area contributed by atoms with Gasteiger partial charge in [-0.2, -0.15) is 15.1 Å². The first kappa shape index (κ1) is 12.2. The van der Waals surface area contributed by atoms with E-state index in [0.29, 0.717) is 12.0 Å². The smallest absolute Gasteiger partial charge is 0.226 e. The van der Waals surface area contributed by atoms with E-state index in [-0.39, 0.29) is 0 Å². The molecule has 1 unspecified atom stereocenters. The second-order valence-corrected chi connectivity index (χ2v) is 5.26. The number of nitrogens with one attached hydrogen (secondary N) is 3. The van der Waals surface area contributed by atoms with Gasteiger partial charge in [-0.05, 0) is 25.7 Å². The van der Waals surface area contributed by atoms with E-state index >= 15 is 0 Å². The first-order chi connectivity index (χ1) is 9.28. The first-order valence-corrected chi connectivity index (χ1v) is 6.93. The van der Waals surface area contributed by atoms with E-state index in [0.717, 1.165) is 22.8 Å². The van der Waals surface area contributed by atoms with Gasteiger partial charge >= 0.3 is 0 Å². The highest BCUT2D eigenvalue weighted by molar-refractivity contribution is 5.87. The molecule has 2 heterocycles. The molecule has 1 aliphatic carbocycles. The molecule has 1 fully saturated rings. The van der Waals surface area contributed by atoms with Crippen molar-refractivity contribution in [1.82, 2.24) is 20.2 Å². The van der Waals surface area contributed by atoms with Crippen LogP contribution in [0.2, 0.25) is 0 Å². The number of nitrogens with zero attached hydrogens (tertiary/aromatic N) is 3. The van der Waals surface area contributed by atoms with Crippen molar-refractivity contribution in [3.8, 4) is 0 Å². The van der Waals surface area contributed by atoms with Gasteiger partial charge in [-0.25, -0.2) is 0 Å². The van der Waals surface area contributed by atoms with Crippen molar-refractivity contribution in [1.29, 1.82) is 0 Å². The Hall–Kier alpha value is -1.85. The highest BCUT2D eigenvalue weighted by atomic mass is 15.2. The van der Waals surface area contributed by atoms with Crippen molar-refractivity contribution in [2.45, 2.75) is 38.6 Å². The summed E-state index contributed by atoms with van der Waals surface area (Å²) < 4.78 is 0. The van der Waals surface area contributed by atoms with Crippen molar-refractivity contribution in [3.05, 3.63) is 6.20 Å². The Morgan fingerprint density at radius 2 is 2.11 bits per heavy atom. The van der Waals surface area contributed by atoms with Gasteiger partial charge in [0, 0.05) is 13.1 Å². The Balaban J connectivity index is 1.88. The highest BCUT2D eigenvalue weighted by Crippen LogP contribution is 2.30. The van der Waals surface area contributed by atoms with Crippen molar-refractivity contribution in [3.63, 3.8) is 0 Å². The number of hydrogen-bond donors (Lipinski definition) is 3. The maximum absolute atomic E-state index is 4.51. The standard InChI is InChI=1S/C13H20N6/c1-8(9-5-3-4-6-9)16-11-10-7-15-19-12(10)18-13(14-2)17-11/h7-9H,3-6H2,1-2H3,(H3,14,15,16,17,18,19). The lowest BCUT2D eigenvalue weighted by Gasteiger charge is -2.21. The van der Waals surface area contributed by atoms with Crippen LogP contribution in [0, 0.1) is 5.92 Å². The molecule has 0 amide bonds. The van der Waals surface area contributed by atoms with Crippen LogP contribution >= 0.6 is 0 Å². The minimum absolute atomic E-state index is 0.431. The van der Waals surface area contributed by atoms with Gasteiger partial charge in [-0.1, -0.05) is 12.8 Å². The van der Waals surface area contributed by atoms with E-state index < -0.39 is 0 Å². The van der Waals surface area contributed by atoms with Crippen LogP contribution in [0.15, 0.2) is 6.20 Å². The minimum Gasteiger partial charge on any atom is -0.367 e. The van der Waals surface area contributed by atoms with E-state index in [1.807, 2.05) is 7.05 Å². The van der Waals surface area contributed by atoms with E-state index in [2.05, 4.69) is 37.7 Å². The zero-order valence-electron chi connectivity index (χ0n) is 11.4. The number of aromatic nitrogens is 4. The fourth-order valence-corrected chi connectivity index (χ4v) is 2.85. The van der Waals surface area contributed by atoms with Gasteiger partial charge in [-0.3, -0.25) is 5.10 Å². The SMILES string of the molecule is CNc1nc(NC(C)C2CCCC2)c2cn[nH]c2n1. The van der Waals surface area contributed by atoms with Crippen molar-refractivity contribution in [2.24, 2.45) is 5.92 Å². The van der Waals surface area contributed by atoms with Gasteiger partial charge in [-0.15, -0.1) is 0 Å². The van der Waals surface area contributed by atoms with E-state index in [1.165, 1.54) is 25.7 Å². The number of fused-ring (bicyclic) bond motifs is 1. The van der Waals surface area contributed by atoms with E-state index in [9.17, 15) is 0 Å². The van der Waals surface area contributed by atoms with E-state index in [4.69, 9.17) is 0 Å². The summed E-state index contributed by atoms with van der Waals surface area (Å²) in [5, 5.41) is 14.4. The number of anilines is 2. The molecule has 0 aromatic carbocycles. The first-order valence-electron chi connectivity index (χ1n) is 6.93. The monoisotopic (exact) mass is 260 g/mol. The van der Waals surface area contributed by atoms with Gasteiger partial charge < -0.3 is 10.6 Å². The molecule has 2 aromatic heterocycles. The second-order valence-electron chi connectivity index (χ2n) is 5.26. The second kappa shape index (κ2) is 5.03. The molecule has 3 N–H and O–H groups in total. The summed E-state index contributed by atoms with van der Waals surface area (Å²) in [6.07, 6.45) is 7.10. The molecule has 0 bridgehead atoms. The topological polar surface area (TPSA) is 78.5 Å². The summed E-state index contributed by atoms with van der Waals surface area (Å²) in [6, 6.07) is 0.431. The molecule has 6 heteroatoms. The third-order valence-electron chi connectivity index (χ3n) is 4.00. The Morgan fingerprint density at radius 3 is 2.84 bits per heavy atom. The third kappa shape index (κ3) is 2.34. The Kier molecular flexibility index (Phi) is 3.23. The number of hydrogen-bond acceptors (Lipinski definition) is 5. The molecule has 6 nitrogen and oxygen atoms in total. The zero-order valence-corrected chi connectivity index (χ0v) is 11.4. The fraction of sp³-hybridized carbons (Fsp3) is 0.615. The molecule has 0 saturated heterocycles. The molecule has 19 heavy (non-hydrogen) atoms. The average molecular weight is 260 g/mol. The van der Waals surface area contributed by atoms with Gasteiger partial charge in [0.2, 0.25) is 5.95 Å². The van der Waals surface area contributed by atoms with Gasteiger partial charge in [0.05, 0.1) is 11.6 Å². The van der Waals surface area contributed by atoms with Crippen LogP contribution < -0.4 is 10.6 Å². The number of aromatic amines is 1. The van der Waals surface area contributed by atoms with Crippen molar-refractivity contribution >= 4 is 22.8 Å². The average Bonchev–Trinajstić information content (AvgIpc) is 3.09. The lowest BCUT2D eigenvalue weighted by Crippen LogP contribution is -2.24. The molecule has 1 atom stereocenters. The van der Waals surface area contributed by atoms with Gasteiger partial charge in [0.15, 0.2) is 5.65 Å². The minimum atomic E-state index is 0.431. The maximum atomic E-state index is 4.51. The Morgan fingerprint density at radius 1 is 1.32 bits per heavy atom. The largest absolute Gasteiger partial charge is 0.367 e. The highest BCUT2D eigenvalue weighted by Gasteiger charge is 2.22. The summed E-state index contributed by atoms with van der Waals surface area (Å²) in [6.45, 7) is 2.24. The normalized spacial score (nSPS) is 17.8. The van der Waals surface area contributed by atoms with Crippen molar-refractivity contribution in [2.75, 3.05) is 17.7 Å². The lowest BCUT2D eigenvalue weighted by atomic mass is 10.00. The molecule has 1 aliphatic rings. The zero-order chi connectivity index (χ0) is 13.2. The Labute approximate surface area is 112 Å². The number of H-pyrrole nitrogens is 1. The summed E-state index contributed by atoms with van der Waals surface area (Å²) in [4.78, 5) is 8.85. The predicted octanol–water partition coefficient (Wildman–Crippen LogP) is 2.39. The summed E-state index contributed by atoms with van der Waals surface area (Å²) >= 11 is 0. The molecule has 3 rings (SSSR count). The molecular weight excluding hydrogens is 240 g/mol. The third-order valence-corrected chi connectivity index (χ3v) is 4.00. The van der Waals surface area contributed by atoms with Crippen LogP contribution in [0.25, 0.3) is 11.0 Å².